The topological polar surface area (TPSA) is 118 Å². The van der Waals surface area contributed by atoms with Crippen LogP contribution >= 0.6 is 0 Å². The van der Waals surface area contributed by atoms with Crippen LogP contribution in [0.15, 0.2) is 0 Å². The lowest BCUT2D eigenvalue weighted by atomic mass is 9.38. The molecule has 0 aromatic carbocycles. The minimum Gasteiger partial charge on any atom is -0.391 e. The van der Waals surface area contributed by atoms with Gasteiger partial charge in [-0.15, -0.1) is 0 Å². The molecular formula is C26H36F12O8. The van der Waals surface area contributed by atoms with Gasteiger partial charge in [0.15, 0.2) is 0 Å². The second-order valence-corrected chi connectivity index (χ2v) is 11.7. The Hall–Kier alpha value is -1.16. The van der Waals surface area contributed by atoms with Gasteiger partial charge >= 0.3 is 35.5 Å². The van der Waals surface area contributed by atoms with Gasteiger partial charge in [0.25, 0.3) is 22.4 Å². The maximum Gasteiger partial charge on any atom is 0.329 e. The van der Waals surface area contributed by atoms with Gasteiger partial charge in [0.05, 0.1) is 50.8 Å². The van der Waals surface area contributed by atoms with E-state index in [9.17, 15) is 20.4 Å². The molecule has 4 aliphatic carbocycles. The van der Waals surface area contributed by atoms with Crippen molar-refractivity contribution >= 4 is 0 Å². The lowest BCUT2D eigenvalue weighted by Crippen LogP contribution is -3.12. The molecule has 8 nitrogen and oxygen atoms in total. The Kier molecular flexibility index (Phi) is 10.0. The molecule has 4 rings (SSSR count). The molecule has 4 unspecified atom stereocenters. The largest absolute Gasteiger partial charge is 0.391 e. The Morgan fingerprint density at radius 1 is 0.348 bits per heavy atom. The van der Waals surface area contributed by atoms with E-state index in [0.717, 1.165) is 27.7 Å². The molecule has 0 aromatic heterocycles. The molecule has 272 valence electrons. The summed E-state index contributed by atoms with van der Waals surface area (Å²) in [6, 6.07) is 0. The van der Waals surface area contributed by atoms with Gasteiger partial charge in [-0.25, -0.2) is 0 Å². The van der Waals surface area contributed by atoms with E-state index in [-0.39, 0.29) is 0 Å². The normalized spacial score (nSPS) is 38.3. The van der Waals surface area contributed by atoms with E-state index in [1.807, 2.05) is 0 Å². The summed E-state index contributed by atoms with van der Waals surface area (Å²) in [5.74, 6) is -42.6. The number of rotatable bonds is 16. The minimum atomic E-state index is -7.09. The molecule has 0 heterocycles. The molecule has 0 radical (unpaired) electrons. The quantitative estimate of drug-likeness (QED) is 0.179. The van der Waals surface area contributed by atoms with E-state index < -0.39 is 134 Å². The Bertz CT molecular complexity index is 864. The summed E-state index contributed by atoms with van der Waals surface area (Å²) in [5.41, 5.74) is -25.9. The zero-order chi connectivity index (χ0) is 35.8. The van der Waals surface area contributed by atoms with Gasteiger partial charge in [0.1, 0.15) is 0 Å². The second kappa shape index (κ2) is 11.7. The molecule has 4 atom stereocenters. The van der Waals surface area contributed by atoms with E-state index >= 15 is 52.7 Å². The Labute approximate surface area is 254 Å². The van der Waals surface area contributed by atoms with Gasteiger partial charge < -0.3 is 39.4 Å². The van der Waals surface area contributed by atoms with E-state index in [1.54, 1.807) is 0 Å². The van der Waals surface area contributed by atoms with Crippen molar-refractivity contribution in [2.75, 3.05) is 26.4 Å². The molecule has 4 aliphatic rings. The summed E-state index contributed by atoms with van der Waals surface area (Å²) < 4.78 is 216. The van der Waals surface area contributed by atoms with Crippen LogP contribution < -0.4 is 0 Å². The highest BCUT2D eigenvalue weighted by Crippen LogP contribution is 2.88. The minimum absolute atomic E-state index is 0.639. The molecule has 0 saturated heterocycles. The Morgan fingerprint density at radius 2 is 0.478 bits per heavy atom. The molecule has 0 spiro atoms. The summed E-state index contributed by atoms with van der Waals surface area (Å²) in [7, 11) is 0. The van der Waals surface area contributed by atoms with Crippen LogP contribution in [0.25, 0.3) is 0 Å². The van der Waals surface area contributed by atoms with Crippen LogP contribution in [0, 0.1) is 0 Å². The van der Waals surface area contributed by atoms with E-state index in [0.29, 0.717) is 0 Å². The third-order valence-electron chi connectivity index (χ3n) is 9.16. The highest BCUT2D eigenvalue weighted by Gasteiger charge is 3.22. The van der Waals surface area contributed by atoms with Crippen molar-refractivity contribution in [3.8, 4) is 0 Å². The third-order valence-corrected chi connectivity index (χ3v) is 9.16. The molecule has 0 amide bonds. The summed E-state index contributed by atoms with van der Waals surface area (Å²) in [5, 5.41) is 39.6. The van der Waals surface area contributed by atoms with Crippen molar-refractivity contribution < 1.29 is 92.1 Å². The maximum atomic E-state index is 16.6. The maximum absolute atomic E-state index is 16.6. The van der Waals surface area contributed by atoms with Crippen molar-refractivity contribution in [2.24, 2.45) is 0 Å². The first kappa shape index (κ1) is 39.3. The molecular weight excluding hydrogens is 668 g/mol. The molecule has 46 heavy (non-hydrogen) atoms. The lowest BCUT2D eigenvalue weighted by molar-refractivity contribution is -0.650. The van der Waals surface area contributed by atoms with Crippen LogP contribution in [0.5, 0.6) is 0 Å². The fourth-order valence-corrected chi connectivity index (χ4v) is 6.30. The van der Waals surface area contributed by atoms with Crippen molar-refractivity contribution in [1.29, 1.82) is 0 Å². The van der Waals surface area contributed by atoms with Gasteiger partial charge in [-0.1, -0.05) is 27.7 Å². The van der Waals surface area contributed by atoms with Gasteiger partial charge in [-0.05, 0) is 25.7 Å². The first-order valence-electron chi connectivity index (χ1n) is 14.4. The predicted molar refractivity (Wildman–Crippen MR) is 130 cm³/mol. The van der Waals surface area contributed by atoms with E-state index in [1.165, 1.54) is 0 Å². The molecule has 4 bridgehead atoms. The van der Waals surface area contributed by atoms with Gasteiger partial charge in [0.2, 0.25) is 0 Å². The van der Waals surface area contributed by atoms with Gasteiger partial charge in [-0.3, -0.25) is 0 Å². The van der Waals surface area contributed by atoms with Gasteiger partial charge in [0, 0.05) is 0 Å². The molecule has 0 aromatic rings. The second-order valence-electron chi connectivity index (χ2n) is 11.7. The first-order valence-corrected chi connectivity index (χ1v) is 14.4. The number of aliphatic hydroxyl groups excluding tert-OH is 4. The standard InChI is InChI=1S/C26H36F12O8/c1-5-13(39)9-43-17-21(27,28)18(44-10-14(40)6-2)24(33,34)19(22(17,29)30,45-11-15(41)7-3)26(37,38)20(23(17,31)32,25(18,35)36)46-12-16(42)8-4/h13-16,39-42H,5-12H2,1-4H3. The molecule has 4 fully saturated rings. The number of hydrogen-bond donors (Lipinski definition) is 4. The average molecular weight is 705 g/mol. The zero-order valence-corrected chi connectivity index (χ0v) is 24.9. The third kappa shape index (κ3) is 3.89. The van der Waals surface area contributed by atoms with Crippen molar-refractivity contribution in [1.82, 2.24) is 0 Å². The number of ether oxygens (including phenoxy) is 4. The van der Waals surface area contributed by atoms with Crippen LogP contribution in [0.2, 0.25) is 0 Å². The Morgan fingerprint density at radius 3 is 0.587 bits per heavy atom. The number of aliphatic hydroxyl groups is 4. The smallest absolute Gasteiger partial charge is 0.329 e. The van der Waals surface area contributed by atoms with Crippen LogP contribution in [0.1, 0.15) is 53.4 Å². The lowest BCUT2D eigenvalue weighted by Gasteiger charge is -2.79. The molecule has 0 aliphatic heterocycles. The van der Waals surface area contributed by atoms with Crippen LogP contribution in [-0.2, 0) is 18.9 Å². The number of halogens is 12. The van der Waals surface area contributed by atoms with Crippen molar-refractivity contribution in [2.45, 2.75) is 136 Å². The van der Waals surface area contributed by atoms with E-state index in [4.69, 9.17) is 0 Å². The fraction of sp³-hybridized carbons (Fsp3) is 1.00. The summed E-state index contributed by atoms with van der Waals surface area (Å²) in [6.45, 7) is -4.12. The summed E-state index contributed by atoms with van der Waals surface area (Å²) in [4.78, 5) is 0. The summed E-state index contributed by atoms with van der Waals surface area (Å²) >= 11 is 0. The molecule has 4 N–H and O–H groups in total. The van der Waals surface area contributed by atoms with Crippen molar-refractivity contribution in [3.63, 3.8) is 0 Å². The monoisotopic (exact) mass is 704 g/mol. The van der Waals surface area contributed by atoms with Crippen LogP contribution in [0.3, 0.4) is 0 Å². The van der Waals surface area contributed by atoms with Crippen LogP contribution in [-0.4, -0.2) is 129 Å². The average Bonchev–Trinajstić information content (AvgIpc) is 2.94. The first-order chi connectivity index (χ1) is 20.8. The highest BCUT2D eigenvalue weighted by molar-refractivity contribution is 5.55. The molecule has 4 saturated carbocycles. The zero-order valence-electron chi connectivity index (χ0n) is 24.9. The summed E-state index contributed by atoms with van der Waals surface area (Å²) in [6.07, 6.45) is -11.5. The van der Waals surface area contributed by atoms with Gasteiger partial charge in [-0.2, -0.15) is 52.7 Å². The Balaban J connectivity index is 2.69. The molecule has 20 heteroatoms. The predicted octanol–water partition coefficient (Wildman–Crippen LogP) is 3.94. The number of hydrogen-bond acceptors (Lipinski definition) is 8. The SMILES string of the molecule is CCC(O)COC12C(F)(F)C3(OCC(O)CC)C(F)(F)C(OCC(O)CC)(C1(F)F)C(F)(F)C(OCC(O)CC)(C2(F)F)C3(F)F. The van der Waals surface area contributed by atoms with Crippen LogP contribution in [0.4, 0.5) is 52.7 Å². The van der Waals surface area contributed by atoms with E-state index in [2.05, 4.69) is 18.9 Å². The van der Waals surface area contributed by atoms with Crippen molar-refractivity contribution in [3.05, 3.63) is 0 Å². The highest BCUT2D eigenvalue weighted by atomic mass is 19.3. The fourth-order valence-electron chi connectivity index (χ4n) is 6.30. The number of alkyl halides is 12.